The Bertz CT molecular complexity index is 1620. The highest BCUT2D eigenvalue weighted by Gasteiger charge is 2.25. The SMILES string of the molecule is C=CC(=O)OCCCCCCOc1ccc(C(=O)Oc2ccc([C@H]3CC[C@H](OC(=O)c4ccc(OCCCCCCOC(=O)C=C)cc4)CC3)cc2)cc1. The van der Waals surface area contributed by atoms with Gasteiger partial charge >= 0.3 is 23.9 Å². The smallest absolute Gasteiger partial charge is 0.343 e. The summed E-state index contributed by atoms with van der Waals surface area (Å²) in [6, 6.07) is 21.6. The van der Waals surface area contributed by atoms with Crippen LogP contribution in [0.1, 0.15) is 109 Å². The van der Waals surface area contributed by atoms with E-state index in [9.17, 15) is 19.2 Å². The van der Waals surface area contributed by atoms with E-state index in [0.717, 1.165) is 83.1 Å². The minimum atomic E-state index is -0.440. The van der Waals surface area contributed by atoms with E-state index in [-0.39, 0.29) is 12.1 Å². The van der Waals surface area contributed by atoms with Gasteiger partial charge in [0.2, 0.25) is 0 Å². The molecule has 0 bridgehead atoms. The normalized spacial score (nSPS) is 15.0. The lowest BCUT2D eigenvalue weighted by Crippen LogP contribution is -2.24. The first-order chi connectivity index (χ1) is 26.3. The average Bonchev–Trinajstić information content (AvgIpc) is 3.20. The van der Waals surface area contributed by atoms with Crippen LogP contribution in [-0.4, -0.2) is 56.4 Å². The lowest BCUT2D eigenvalue weighted by Gasteiger charge is -2.28. The molecule has 1 saturated carbocycles. The van der Waals surface area contributed by atoms with Crippen molar-refractivity contribution in [2.24, 2.45) is 0 Å². The minimum absolute atomic E-state index is 0.131. The highest BCUT2D eigenvalue weighted by Crippen LogP contribution is 2.35. The van der Waals surface area contributed by atoms with Gasteiger partial charge in [-0.2, -0.15) is 0 Å². The summed E-state index contributed by atoms with van der Waals surface area (Å²) in [5.41, 5.74) is 2.10. The maximum atomic E-state index is 12.8. The first kappa shape index (κ1) is 41.4. The van der Waals surface area contributed by atoms with Gasteiger partial charge in [-0.1, -0.05) is 25.3 Å². The topological polar surface area (TPSA) is 124 Å². The Morgan fingerprint density at radius 2 is 0.944 bits per heavy atom. The Morgan fingerprint density at radius 1 is 0.519 bits per heavy atom. The lowest BCUT2D eigenvalue weighted by atomic mass is 9.83. The summed E-state index contributed by atoms with van der Waals surface area (Å²) in [6.45, 7) is 8.68. The molecule has 3 aromatic rings. The van der Waals surface area contributed by atoms with E-state index in [2.05, 4.69) is 13.2 Å². The molecular formula is C44H52O10. The summed E-state index contributed by atoms with van der Waals surface area (Å²) in [6.07, 6.45) is 12.7. The number of carbonyl (C=O) groups excluding carboxylic acids is 4. The Balaban J connectivity index is 1.08. The molecule has 1 aliphatic carbocycles. The number of ether oxygens (including phenoxy) is 6. The van der Waals surface area contributed by atoms with Crippen molar-refractivity contribution >= 4 is 23.9 Å². The molecule has 54 heavy (non-hydrogen) atoms. The van der Waals surface area contributed by atoms with Crippen molar-refractivity contribution in [3.8, 4) is 17.2 Å². The van der Waals surface area contributed by atoms with E-state index in [1.807, 2.05) is 24.3 Å². The monoisotopic (exact) mass is 740 g/mol. The van der Waals surface area contributed by atoms with Crippen LogP contribution in [-0.2, 0) is 23.8 Å². The number of hydrogen-bond donors (Lipinski definition) is 0. The Hall–Kier alpha value is -5.38. The summed E-state index contributed by atoms with van der Waals surface area (Å²) in [5, 5.41) is 0. The number of benzene rings is 3. The molecule has 0 atom stereocenters. The van der Waals surface area contributed by atoms with E-state index in [1.165, 1.54) is 11.6 Å². The van der Waals surface area contributed by atoms with Gasteiger partial charge in [-0.25, -0.2) is 19.2 Å². The zero-order valence-corrected chi connectivity index (χ0v) is 31.0. The predicted molar refractivity (Wildman–Crippen MR) is 205 cm³/mol. The molecule has 0 amide bonds. The van der Waals surface area contributed by atoms with Crippen molar-refractivity contribution < 1.29 is 47.6 Å². The van der Waals surface area contributed by atoms with Crippen molar-refractivity contribution in [2.45, 2.75) is 89.1 Å². The quantitative estimate of drug-likeness (QED) is 0.0306. The second-order valence-electron chi connectivity index (χ2n) is 13.2. The van der Waals surface area contributed by atoms with Gasteiger partial charge in [-0.3, -0.25) is 0 Å². The molecule has 3 aromatic carbocycles. The molecule has 10 nitrogen and oxygen atoms in total. The van der Waals surface area contributed by atoms with Gasteiger partial charge in [0.25, 0.3) is 0 Å². The molecule has 0 spiro atoms. The maximum absolute atomic E-state index is 12.8. The number of carbonyl (C=O) groups is 4. The fourth-order valence-electron chi connectivity index (χ4n) is 6.04. The zero-order chi connectivity index (χ0) is 38.4. The molecule has 0 aromatic heterocycles. The van der Waals surface area contributed by atoms with Crippen LogP contribution in [0.25, 0.3) is 0 Å². The van der Waals surface area contributed by atoms with Crippen LogP contribution in [0.15, 0.2) is 98.1 Å². The molecule has 288 valence electrons. The highest BCUT2D eigenvalue weighted by molar-refractivity contribution is 5.91. The number of hydrogen-bond acceptors (Lipinski definition) is 10. The third kappa shape index (κ3) is 14.9. The van der Waals surface area contributed by atoms with Crippen LogP contribution < -0.4 is 14.2 Å². The maximum Gasteiger partial charge on any atom is 0.343 e. The van der Waals surface area contributed by atoms with Crippen LogP contribution in [0.3, 0.4) is 0 Å². The Kier molecular flexibility index (Phi) is 17.9. The summed E-state index contributed by atoms with van der Waals surface area (Å²) in [4.78, 5) is 47.6. The van der Waals surface area contributed by atoms with Gasteiger partial charge < -0.3 is 28.4 Å². The van der Waals surface area contributed by atoms with Crippen LogP contribution in [0.5, 0.6) is 17.2 Å². The van der Waals surface area contributed by atoms with Gasteiger partial charge in [0.15, 0.2) is 0 Å². The molecule has 0 unspecified atom stereocenters. The van der Waals surface area contributed by atoms with Crippen LogP contribution in [0.2, 0.25) is 0 Å². The van der Waals surface area contributed by atoms with E-state index in [4.69, 9.17) is 28.4 Å². The van der Waals surface area contributed by atoms with Crippen LogP contribution in [0, 0.1) is 0 Å². The average molecular weight is 741 g/mol. The Labute approximate surface area is 318 Å². The molecule has 0 N–H and O–H groups in total. The summed E-state index contributed by atoms with van der Waals surface area (Å²) >= 11 is 0. The summed E-state index contributed by atoms with van der Waals surface area (Å²) < 4.78 is 33.0. The third-order valence-electron chi connectivity index (χ3n) is 9.13. The molecule has 1 fully saturated rings. The molecule has 1 aliphatic rings. The van der Waals surface area contributed by atoms with Gasteiger partial charge in [-0.05, 0) is 149 Å². The summed E-state index contributed by atoms with van der Waals surface area (Å²) in [5.74, 6) is 0.642. The standard InChI is InChI=1S/C44H52O10/c1-3-41(45)51-31-11-7-5-9-29-49-37-21-17-35(18-22-37)43(47)53-39-25-13-33(14-26-39)34-15-27-40(28-16-34)54-44(48)36-19-23-38(24-20-36)50-30-10-6-8-12-32-52-42(46)4-2/h3-4,13-14,17-26,34,40H,1-2,5-12,15-16,27-32H2/t34-,40-. The molecule has 0 aliphatic heterocycles. The number of esters is 4. The van der Waals surface area contributed by atoms with E-state index in [1.54, 1.807) is 48.5 Å². The van der Waals surface area contributed by atoms with Gasteiger partial charge in [0, 0.05) is 12.2 Å². The minimum Gasteiger partial charge on any atom is -0.494 e. The first-order valence-electron chi connectivity index (χ1n) is 18.9. The van der Waals surface area contributed by atoms with Gasteiger partial charge in [0.05, 0.1) is 37.6 Å². The number of unbranched alkanes of at least 4 members (excludes halogenated alkanes) is 6. The first-order valence-corrected chi connectivity index (χ1v) is 18.9. The van der Waals surface area contributed by atoms with Gasteiger partial charge in [0.1, 0.15) is 23.4 Å². The molecule has 0 radical (unpaired) electrons. The predicted octanol–water partition coefficient (Wildman–Crippen LogP) is 9.13. The van der Waals surface area contributed by atoms with Crippen molar-refractivity contribution in [1.82, 2.24) is 0 Å². The van der Waals surface area contributed by atoms with Crippen molar-refractivity contribution in [1.29, 1.82) is 0 Å². The van der Waals surface area contributed by atoms with Crippen LogP contribution >= 0.6 is 0 Å². The van der Waals surface area contributed by atoms with E-state index in [0.29, 0.717) is 60.7 Å². The van der Waals surface area contributed by atoms with Crippen molar-refractivity contribution in [2.75, 3.05) is 26.4 Å². The van der Waals surface area contributed by atoms with Crippen molar-refractivity contribution in [3.63, 3.8) is 0 Å². The summed E-state index contributed by atoms with van der Waals surface area (Å²) in [7, 11) is 0. The number of rotatable bonds is 23. The van der Waals surface area contributed by atoms with E-state index >= 15 is 0 Å². The fourth-order valence-corrected chi connectivity index (χ4v) is 6.04. The second kappa shape index (κ2) is 23.3. The molecule has 0 heterocycles. The molecule has 10 heteroatoms. The largest absolute Gasteiger partial charge is 0.494 e. The molecule has 0 saturated heterocycles. The molecule has 4 rings (SSSR count). The Morgan fingerprint density at radius 3 is 1.41 bits per heavy atom. The lowest BCUT2D eigenvalue weighted by molar-refractivity contribution is -0.138. The highest BCUT2D eigenvalue weighted by atomic mass is 16.5. The van der Waals surface area contributed by atoms with Gasteiger partial charge in [-0.15, -0.1) is 0 Å². The van der Waals surface area contributed by atoms with Crippen LogP contribution in [0.4, 0.5) is 0 Å². The zero-order valence-electron chi connectivity index (χ0n) is 31.0. The fraction of sp³-hybridized carbons (Fsp3) is 0.409. The van der Waals surface area contributed by atoms with E-state index < -0.39 is 17.9 Å². The third-order valence-corrected chi connectivity index (χ3v) is 9.13. The van der Waals surface area contributed by atoms with Crippen molar-refractivity contribution in [3.05, 3.63) is 115 Å². The second-order valence-corrected chi connectivity index (χ2v) is 13.2. The molecular weight excluding hydrogens is 688 g/mol.